The molecule has 3 heteroatoms. The van der Waals surface area contributed by atoms with Crippen LogP contribution in [0.5, 0.6) is 5.75 Å². The summed E-state index contributed by atoms with van der Waals surface area (Å²) in [6, 6.07) is 10.5. The summed E-state index contributed by atoms with van der Waals surface area (Å²) < 4.78 is 5.73. The van der Waals surface area contributed by atoms with Gasteiger partial charge in [-0.25, -0.2) is 0 Å². The van der Waals surface area contributed by atoms with Crippen LogP contribution in [0, 0.1) is 0 Å². The van der Waals surface area contributed by atoms with Crippen molar-refractivity contribution in [3.63, 3.8) is 0 Å². The van der Waals surface area contributed by atoms with Crippen LogP contribution in [-0.4, -0.2) is 19.7 Å². The van der Waals surface area contributed by atoms with Gasteiger partial charge < -0.3 is 10.1 Å². The summed E-state index contributed by atoms with van der Waals surface area (Å²) in [5, 5.41) is 7.73. The van der Waals surface area contributed by atoms with Crippen molar-refractivity contribution in [3.05, 3.63) is 52.2 Å². The Labute approximate surface area is 119 Å². The fraction of sp³-hybridized carbons (Fsp3) is 0.375. The summed E-state index contributed by atoms with van der Waals surface area (Å²) in [6.45, 7) is 4.78. The van der Waals surface area contributed by atoms with E-state index >= 15 is 0 Å². The molecule has 0 aliphatic carbocycles. The zero-order valence-electron chi connectivity index (χ0n) is 11.4. The molecule has 2 nitrogen and oxygen atoms in total. The predicted octanol–water partition coefficient (Wildman–Crippen LogP) is 3.52. The largest absolute Gasteiger partial charge is 0.492 e. The Hall–Kier alpha value is -1.32. The van der Waals surface area contributed by atoms with Gasteiger partial charge >= 0.3 is 0 Å². The monoisotopic (exact) mass is 275 g/mol. The van der Waals surface area contributed by atoms with Gasteiger partial charge in [0.2, 0.25) is 0 Å². The van der Waals surface area contributed by atoms with Crippen LogP contribution < -0.4 is 10.1 Å². The number of nitrogens with one attached hydrogen (secondary N) is 1. The highest BCUT2D eigenvalue weighted by Gasteiger charge is 1.96. The Bertz CT molecular complexity index is 467. The lowest BCUT2D eigenvalue weighted by molar-refractivity contribution is 0.314. The van der Waals surface area contributed by atoms with Crippen LogP contribution in [0.25, 0.3) is 0 Å². The first-order valence-electron chi connectivity index (χ1n) is 6.82. The van der Waals surface area contributed by atoms with Crippen molar-refractivity contribution in [2.75, 3.05) is 19.7 Å². The highest BCUT2D eigenvalue weighted by atomic mass is 32.1. The van der Waals surface area contributed by atoms with Crippen molar-refractivity contribution in [1.82, 2.24) is 5.32 Å². The van der Waals surface area contributed by atoms with E-state index in [0.29, 0.717) is 0 Å². The number of rotatable bonds is 8. The lowest BCUT2D eigenvalue weighted by atomic mass is 10.2. The summed E-state index contributed by atoms with van der Waals surface area (Å²) in [6.07, 6.45) is 2.14. The van der Waals surface area contributed by atoms with Crippen molar-refractivity contribution >= 4 is 11.3 Å². The third-order valence-corrected chi connectivity index (χ3v) is 3.76. The van der Waals surface area contributed by atoms with Gasteiger partial charge in [0.15, 0.2) is 0 Å². The quantitative estimate of drug-likeness (QED) is 0.744. The minimum absolute atomic E-state index is 0.719. The molecule has 0 radical (unpaired) electrons. The summed E-state index contributed by atoms with van der Waals surface area (Å²) >= 11 is 1.76. The van der Waals surface area contributed by atoms with Crippen molar-refractivity contribution in [2.45, 2.75) is 19.8 Å². The van der Waals surface area contributed by atoms with Crippen LogP contribution in [0.1, 0.15) is 18.1 Å². The molecule has 2 aromatic rings. The van der Waals surface area contributed by atoms with E-state index < -0.39 is 0 Å². The molecule has 0 aliphatic heterocycles. The van der Waals surface area contributed by atoms with Crippen LogP contribution in [-0.2, 0) is 12.8 Å². The first-order valence-corrected chi connectivity index (χ1v) is 7.76. The van der Waals surface area contributed by atoms with Gasteiger partial charge in [-0.1, -0.05) is 19.1 Å². The number of benzene rings is 1. The van der Waals surface area contributed by atoms with Gasteiger partial charge in [0.05, 0.1) is 0 Å². The van der Waals surface area contributed by atoms with E-state index in [2.05, 4.69) is 47.3 Å². The van der Waals surface area contributed by atoms with Crippen LogP contribution in [0.15, 0.2) is 41.1 Å². The van der Waals surface area contributed by atoms with E-state index in [4.69, 9.17) is 4.74 Å². The van der Waals surface area contributed by atoms with E-state index in [9.17, 15) is 0 Å². The predicted molar refractivity (Wildman–Crippen MR) is 82.2 cm³/mol. The standard InChI is InChI=1S/C16H21NOS/c1-2-14-4-3-5-16(12-14)18-10-9-17-8-6-15-7-11-19-13-15/h3-5,7,11-13,17H,2,6,8-10H2,1H3. The first-order chi connectivity index (χ1) is 9.38. The molecule has 1 aromatic carbocycles. The Morgan fingerprint density at radius 3 is 2.89 bits per heavy atom. The maximum atomic E-state index is 5.73. The SMILES string of the molecule is CCc1cccc(OCCNCCc2ccsc2)c1. The van der Waals surface area contributed by atoms with Gasteiger partial charge in [-0.3, -0.25) is 0 Å². The second kappa shape index (κ2) is 7.97. The number of ether oxygens (including phenoxy) is 1. The zero-order valence-corrected chi connectivity index (χ0v) is 12.2. The lowest BCUT2D eigenvalue weighted by Crippen LogP contribution is -2.23. The molecule has 0 spiro atoms. The van der Waals surface area contributed by atoms with E-state index in [1.54, 1.807) is 11.3 Å². The molecule has 0 saturated carbocycles. The van der Waals surface area contributed by atoms with Crippen LogP contribution >= 0.6 is 11.3 Å². The molecule has 2 rings (SSSR count). The van der Waals surface area contributed by atoms with Crippen LogP contribution in [0.4, 0.5) is 0 Å². The van der Waals surface area contributed by atoms with Gasteiger partial charge in [-0.05, 0) is 59.5 Å². The third-order valence-electron chi connectivity index (χ3n) is 3.02. The molecular formula is C16H21NOS. The lowest BCUT2D eigenvalue weighted by Gasteiger charge is -2.08. The number of hydrogen-bond donors (Lipinski definition) is 1. The summed E-state index contributed by atoms with van der Waals surface area (Å²) in [5.74, 6) is 0.971. The highest BCUT2D eigenvalue weighted by molar-refractivity contribution is 7.07. The van der Waals surface area contributed by atoms with E-state index in [-0.39, 0.29) is 0 Å². The van der Waals surface area contributed by atoms with Crippen LogP contribution in [0.2, 0.25) is 0 Å². The molecule has 1 heterocycles. The minimum atomic E-state index is 0.719. The van der Waals surface area contributed by atoms with E-state index in [0.717, 1.165) is 38.3 Å². The van der Waals surface area contributed by atoms with Gasteiger partial charge in [0.25, 0.3) is 0 Å². The smallest absolute Gasteiger partial charge is 0.119 e. The maximum absolute atomic E-state index is 5.73. The van der Waals surface area contributed by atoms with Gasteiger partial charge in [0.1, 0.15) is 12.4 Å². The van der Waals surface area contributed by atoms with Gasteiger partial charge in [0, 0.05) is 6.54 Å². The minimum Gasteiger partial charge on any atom is -0.492 e. The van der Waals surface area contributed by atoms with Crippen molar-refractivity contribution in [1.29, 1.82) is 0 Å². The van der Waals surface area contributed by atoms with E-state index in [1.165, 1.54) is 11.1 Å². The molecule has 0 unspecified atom stereocenters. The Morgan fingerprint density at radius 1 is 1.16 bits per heavy atom. The number of hydrogen-bond acceptors (Lipinski definition) is 3. The molecule has 0 atom stereocenters. The Morgan fingerprint density at radius 2 is 2.11 bits per heavy atom. The number of thiophene rings is 1. The van der Waals surface area contributed by atoms with Crippen molar-refractivity contribution in [3.8, 4) is 5.75 Å². The molecule has 19 heavy (non-hydrogen) atoms. The molecule has 1 aromatic heterocycles. The molecule has 0 saturated heterocycles. The van der Waals surface area contributed by atoms with Crippen molar-refractivity contribution in [2.24, 2.45) is 0 Å². The topological polar surface area (TPSA) is 21.3 Å². The van der Waals surface area contributed by atoms with Gasteiger partial charge in [-0.15, -0.1) is 0 Å². The molecular weight excluding hydrogens is 254 g/mol. The highest BCUT2D eigenvalue weighted by Crippen LogP contribution is 2.13. The summed E-state index contributed by atoms with van der Waals surface area (Å²) in [7, 11) is 0. The molecule has 0 fully saturated rings. The van der Waals surface area contributed by atoms with E-state index in [1.807, 2.05) is 6.07 Å². The van der Waals surface area contributed by atoms with Crippen LogP contribution in [0.3, 0.4) is 0 Å². The first kappa shape index (κ1) is 14.1. The fourth-order valence-electron chi connectivity index (χ4n) is 1.89. The van der Waals surface area contributed by atoms with Crippen molar-refractivity contribution < 1.29 is 4.74 Å². The Kier molecular flexibility index (Phi) is 5.92. The molecule has 0 bridgehead atoms. The maximum Gasteiger partial charge on any atom is 0.119 e. The second-order valence-electron chi connectivity index (χ2n) is 4.48. The molecule has 1 N–H and O–H groups in total. The second-order valence-corrected chi connectivity index (χ2v) is 5.26. The molecule has 0 amide bonds. The average molecular weight is 275 g/mol. The zero-order chi connectivity index (χ0) is 13.3. The summed E-state index contributed by atoms with van der Waals surface area (Å²) in [4.78, 5) is 0. The third kappa shape index (κ3) is 5.05. The average Bonchev–Trinajstić information content (AvgIpc) is 2.96. The fourth-order valence-corrected chi connectivity index (χ4v) is 2.59. The Balaban J connectivity index is 1.58. The molecule has 102 valence electrons. The number of aryl methyl sites for hydroxylation is 1. The normalized spacial score (nSPS) is 10.6. The van der Waals surface area contributed by atoms with Gasteiger partial charge in [-0.2, -0.15) is 11.3 Å². The molecule has 0 aliphatic rings. The summed E-state index contributed by atoms with van der Waals surface area (Å²) in [5.41, 5.74) is 2.73.